The minimum absolute atomic E-state index is 0.0126. The number of nitrogens with two attached hydrogens (primary N) is 1. The first kappa shape index (κ1) is 15.2. The third-order valence-corrected chi connectivity index (χ3v) is 4.47. The maximum absolute atomic E-state index is 14.6. The lowest BCUT2D eigenvalue weighted by molar-refractivity contribution is 0.100. The van der Waals surface area contributed by atoms with Gasteiger partial charge >= 0.3 is 0 Å². The van der Waals surface area contributed by atoms with Gasteiger partial charge in [0.25, 0.3) is 5.91 Å². The van der Waals surface area contributed by atoms with Crippen LogP contribution in [0.15, 0.2) is 6.07 Å². The molecule has 1 aromatic heterocycles. The van der Waals surface area contributed by atoms with Crippen LogP contribution in [-0.4, -0.2) is 34.9 Å². The van der Waals surface area contributed by atoms with Crippen molar-refractivity contribution in [2.45, 2.75) is 26.3 Å². The van der Waals surface area contributed by atoms with Crippen molar-refractivity contribution in [2.75, 3.05) is 18.4 Å². The maximum Gasteiger partial charge on any atom is 0.250 e. The smallest absolute Gasteiger partial charge is 0.250 e. The number of H-pyrrole nitrogens is 1. The van der Waals surface area contributed by atoms with Crippen molar-refractivity contribution in [1.29, 1.82) is 5.26 Å². The maximum atomic E-state index is 14.6. The number of aromatic amines is 1. The first-order valence-corrected chi connectivity index (χ1v) is 7.44. The van der Waals surface area contributed by atoms with Crippen LogP contribution in [0.5, 0.6) is 0 Å². The minimum Gasteiger partial charge on any atom is -0.378 e. The van der Waals surface area contributed by atoms with Crippen molar-refractivity contribution in [3.8, 4) is 6.19 Å². The highest BCUT2D eigenvalue weighted by molar-refractivity contribution is 6.10. The number of rotatable bonds is 3. The molecule has 0 aliphatic carbocycles. The zero-order chi connectivity index (χ0) is 16.7. The molecule has 1 aliphatic rings. The molecule has 4 N–H and O–H groups in total. The van der Waals surface area contributed by atoms with Gasteiger partial charge in [-0.2, -0.15) is 5.26 Å². The molecular weight excluding hydrogens is 297 g/mol. The van der Waals surface area contributed by atoms with Gasteiger partial charge in [-0.15, -0.1) is 0 Å². The second kappa shape index (κ2) is 5.47. The standard InChI is InChI=1S/C16H18FN5O/c1-8-9(2)20-14-11(16(19)23)5-12(17)15(13(8)14)21-10-3-4-22(6-10)7-18/h5,10,20-21H,3-4,6H2,1-2H3,(H2,19,23). The number of primary amides is 1. The van der Waals surface area contributed by atoms with Gasteiger partial charge in [-0.05, 0) is 31.9 Å². The predicted molar refractivity (Wildman–Crippen MR) is 85.5 cm³/mol. The molecule has 0 saturated carbocycles. The fourth-order valence-corrected chi connectivity index (χ4v) is 3.13. The van der Waals surface area contributed by atoms with Gasteiger partial charge in [-0.1, -0.05) is 0 Å². The van der Waals surface area contributed by atoms with Gasteiger partial charge in [0.1, 0.15) is 5.82 Å². The topological polar surface area (TPSA) is 97.9 Å². The Kier molecular flexibility index (Phi) is 3.60. The van der Waals surface area contributed by atoms with Crippen LogP contribution in [0.3, 0.4) is 0 Å². The fraction of sp³-hybridized carbons (Fsp3) is 0.375. The van der Waals surface area contributed by atoms with Crippen molar-refractivity contribution in [1.82, 2.24) is 9.88 Å². The van der Waals surface area contributed by atoms with Crippen LogP contribution >= 0.6 is 0 Å². The molecule has 1 atom stereocenters. The summed E-state index contributed by atoms with van der Waals surface area (Å²) in [6, 6.07) is 1.15. The number of hydrogen-bond acceptors (Lipinski definition) is 4. The summed E-state index contributed by atoms with van der Waals surface area (Å²) in [4.78, 5) is 16.4. The van der Waals surface area contributed by atoms with Crippen molar-refractivity contribution in [2.24, 2.45) is 5.73 Å². The summed E-state index contributed by atoms with van der Waals surface area (Å²) >= 11 is 0. The van der Waals surface area contributed by atoms with Crippen molar-refractivity contribution >= 4 is 22.5 Å². The number of nitrogens with zero attached hydrogens (tertiary/aromatic N) is 2. The highest BCUT2D eigenvalue weighted by Gasteiger charge is 2.25. The average molecular weight is 315 g/mol. The van der Waals surface area contributed by atoms with Crippen LogP contribution in [-0.2, 0) is 0 Å². The highest BCUT2D eigenvalue weighted by atomic mass is 19.1. The van der Waals surface area contributed by atoms with E-state index in [4.69, 9.17) is 11.0 Å². The van der Waals surface area contributed by atoms with Crippen molar-refractivity contribution in [3.05, 3.63) is 28.7 Å². The zero-order valence-corrected chi connectivity index (χ0v) is 13.0. The summed E-state index contributed by atoms with van der Waals surface area (Å²) in [7, 11) is 0. The fourth-order valence-electron chi connectivity index (χ4n) is 3.13. The second-order valence-electron chi connectivity index (χ2n) is 5.95. The summed E-state index contributed by atoms with van der Waals surface area (Å²) in [5.74, 6) is -1.18. The van der Waals surface area contributed by atoms with Crippen LogP contribution in [0, 0.1) is 31.1 Å². The normalized spacial score (nSPS) is 17.5. The largest absolute Gasteiger partial charge is 0.378 e. The Morgan fingerprint density at radius 3 is 2.91 bits per heavy atom. The second-order valence-corrected chi connectivity index (χ2v) is 5.95. The molecule has 7 heteroatoms. The monoisotopic (exact) mass is 315 g/mol. The summed E-state index contributed by atoms with van der Waals surface area (Å²) in [6.07, 6.45) is 2.86. The van der Waals surface area contributed by atoms with E-state index in [1.165, 1.54) is 6.07 Å². The molecule has 1 amide bonds. The van der Waals surface area contributed by atoms with Gasteiger partial charge in [-0.3, -0.25) is 4.79 Å². The van der Waals surface area contributed by atoms with E-state index in [0.717, 1.165) is 17.7 Å². The number of aryl methyl sites for hydroxylation is 2. The Bertz CT molecular complexity index is 835. The Morgan fingerprint density at radius 2 is 2.30 bits per heavy atom. The van der Waals surface area contributed by atoms with Crippen LogP contribution < -0.4 is 11.1 Å². The quantitative estimate of drug-likeness (QED) is 0.754. The van der Waals surface area contributed by atoms with Gasteiger partial charge in [0.15, 0.2) is 6.19 Å². The minimum atomic E-state index is -0.668. The Balaban J connectivity index is 2.10. The van der Waals surface area contributed by atoms with Crippen LogP contribution in [0.4, 0.5) is 10.1 Å². The number of benzene rings is 1. The number of nitrogens with one attached hydrogen (secondary N) is 2. The third kappa shape index (κ3) is 2.46. The molecule has 6 nitrogen and oxygen atoms in total. The van der Waals surface area contributed by atoms with Gasteiger partial charge in [0.2, 0.25) is 0 Å². The van der Waals surface area contributed by atoms with E-state index >= 15 is 0 Å². The number of anilines is 1. The summed E-state index contributed by atoms with van der Waals surface area (Å²) < 4.78 is 14.6. The molecule has 23 heavy (non-hydrogen) atoms. The molecule has 0 radical (unpaired) electrons. The molecule has 0 bridgehead atoms. The molecule has 1 aliphatic heterocycles. The molecule has 1 unspecified atom stereocenters. The number of fused-ring (bicyclic) bond motifs is 1. The first-order chi connectivity index (χ1) is 10.9. The summed E-state index contributed by atoms with van der Waals surface area (Å²) in [5, 5.41) is 12.8. The van der Waals surface area contributed by atoms with Crippen molar-refractivity contribution < 1.29 is 9.18 Å². The van der Waals surface area contributed by atoms with Crippen LogP contribution in [0.1, 0.15) is 28.0 Å². The molecule has 0 spiro atoms. The SMILES string of the molecule is Cc1[nH]c2c(C(N)=O)cc(F)c(NC3CCN(C#N)C3)c2c1C. The molecule has 2 heterocycles. The number of carbonyl (C=O) groups is 1. The number of halogens is 1. The van der Waals surface area contributed by atoms with Crippen LogP contribution in [0.25, 0.3) is 10.9 Å². The van der Waals surface area contributed by atoms with Crippen LogP contribution in [0.2, 0.25) is 0 Å². The lowest BCUT2D eigenvalue weighted by Crippen LogP contribution is -2.24. The molecule has 2 aromatic rings. The number of likely N-dealkylation sites (tertiary alicyclic amines) is 1. The Hall–Kier alpha value is -2.75. The van der Waals surface area contributed by atoms with E-state index in [-0.39, 0.29) is 11.6 Å². The first-order valence-electron chi connectivity index (χ1n) is 7.44. The van der Waals surface area contributed by atoms with E-state index in [1.807, 2.05) is 13.8 Å². The molecule has 1 saturated heterocycles. The Labute approximate surface area is 133 Å². The van der Waals surface area contributed by atoms with E-state index in [2.05, 4.69) is 16.5 Å². The Morgan fingerprint density at radius 1 is 1.57 bits per heavy atom. The van der Waals surface area contributed by atoms with E-state index in [9.17, 15) is 9.18 Å². The lowest BCUT2D eigenvalue weighted by atomic mass is 10.0. The van der Waals surface area contributed by atoms with E-state index in [0.29, 0.717) is 29.7 Å². The van der Waals surface area contributed by atoms with E-state index in [1.54, 1.807) is 4.90 Å². The molecule has 120 valence electrons. The number of hydrogen-bond donors (Lipinski definition) is 3. The number of carbonyl (C=O) groups excluding carboxylic acids is 1. The number of aromatic nitrogens is 1. The highest BCUT2D eigenvalue weighted by Crippen LogP contribution is 2.34. The summed E-state index contributed by atoms with van der Waals surface area (Å²) in [5.41, 5.74) is 8.15. The van der Waals surface area contributed by atoms with Gasteiger partial charge in [0, 0.05) is 30.2 Å². The van der Waals surface area contributed by atoms with Gasteiger partial charge in [-0.25, -0.2) is 4.39 Å². The third-order valence-electron chi connectivity index (χ3n) is 4.47. The van der Waals surface area contributed by atoms with E-state index < -0.39 is 11.7 Å². The molecule has 1 fully saturated rings. The molecular formula is C16H18FN5O. The molecule has 1 aromatic carbocycles. The molecule has 3 rings (SSSR count). The van der Waals surface area contributed by atoms with Gasteiger partial charge < -0.3 is 20.9 Å². The number of amides is 1. The summed E-state index contributed by atoms with van der Waals surface area (Å²) in [6.45, 7) is 4.94. The van der Waals surface area contributed by atoms with Gasteiger partial charge in [0.05, 0.1) is 16.8 Å². The number of nitriles is 1. The predicted octanol–water partition coefficient (Wildman–Crippen LogP) is 1.99. The average Bonchev–Trinajstić information content (AvgIpc) is 3.07. The lowest BCUT2D eigenvalue weighted by Gasteiger charge is -2.17. The zero-order valence-electron chi connectivity index (χ0n) is 13.0. The van der Waals surface area contributed by atoms with Crippen molar-refractivity contribution in [3.63, 3.8) is 0 Å².